The van der Waals surface area contributed by atoms with E-state index in [9.17, 15) is 23.5 Å². The summed E-state index contributed by atoms with van der Waals surface area (Å²) in [5.41, 5.74) is -1.41. The number of carbonyl (C=O) groups is 1. The first-order chi connectivity index (χ1) is 12.3. The fraction of sp³-hybridized carbons (Fsp3) is 0.222. The standard InChI is InChI=1S/C18H16F2O6/c1-3-24-14-6-4-5-11(16(14)26-18(19)20)7-8-12(21)15-13(22)9-10(2)25-17(15)23/h4-9,18,22H,3H2,1-2H3/b8-7+. The number of hydrogen-bond donors (Lipinski definition) is 1. The van der Waals surface area contributed by atoms with Crippen LogP contribution in [0, 0.1) is 6.92 Å². The maximum absolute atomic E-state index is 12.7. The number of para-hydroxylation sites is 1. The van der Waals surface area contributed by atoms with Crippen molar-refractivity contribution < 1.29 is 32.6 Å². The Morgan fingerprint density at radius 3 is 2.73 bits per heavy atom. The molecular formula is C18H16F2O6. The number of benzene rings is 1. The Kier molecular flexibility index (Phi) is 6.11. The molecule has 0 unspecified atom stereocenters. The van der Waals surface area contributed by atoms with Gasteiger partial charge in [0, 0.05) is 11.6 Å². The van der Waals surface area contributed by atoms with Crippen LogP contribution in [0.1, 0.15) is 28.6 Å². The Morgan fingerprint density at radius 1 is 1.38 bits per heavy atom. The summed E-state index contributed by atoms with van der Waals surface area (Å²) in [4.78, 5) is 23.9. The number of rotatable bonds is 7. The van der Waals surface area contributed by atoms with Gasteiger partial charge in [0.15, 0.2) is 17.3 Å². The highest BCUT2D eigenvalue weighted by Gasteiger charge is 2.18. The summed E-state index contributed by atoms with van der Waals surface area (Å²) in [6, 6.07) is 5.54. The molecule has 26 heavy (non-hydrogen) atoms. The molecule has 0 aliphatic carbocycles. The smallest absolute Gasteiger partial charge is 0.387 e. The highest BCUT2D eigenvalue weighted by Crippen LogP contribution is 2.33. The minimum atomic E-state index is -3.09. The quantitative estimate of drug-likeness (QED) is 0.596. The fourth-order valence-corrected chi connectivity index (χ4v) is 2.22. The van der Waals surface area contributed by atoms with Crippen molar-refractivity contribution in [3.8, 4) is 17.2 Å². The van der Waals surface area contributed by atoms with Crippen molar-refractivity contribution in [3.05, 3.63) is 57.6 Å². The van der Waals surface area contributed by atoms with Crippen molar-refractivity contribution >= 4 is 11.9 Å². The molecule has 1 N–H and O–H groups in total. The molecule has 0 bridgehead atoms. The Bertz CT molecular complexity index is 886. The van der Waals surface area contributed by atoms with Crippen molar-refractivity contribution in [3.63, 3.8) is 0 Å². The summed E-state index contributed by atoms with van der Waals surface area (Å²) < 4.78 is 39.8. The largest absolute Gasteiger partial charge is 0.507 e. The van der Waals surface area contributed by atoms with Crippen LogP contribution >= 0.6 is 0 Å². The van der Waals surface area contributed by atoms with Gasteiger partial charge in [0.25, 0.3) is 0 Å². The molecule has 138 valence electrons. The third-order valence-electron chi connectivity index (χ3n) is 3.23. The SMILES string of the molecule is CCOc1cccc(/C=C/C(=O)c2c(O)cc(C)oc2=O)c1OC(F)F. The summed E-state index contributed by atoms with van der Waals surface area (Å²) in [7, 11) is 0. The molecule has 8 heteroatoms. The van der Waals surface area contributed by atoms with Crippen LogP contribution in [0.25, 0.3) is 6.08 Å². The number of hydrogen-bond acceptors (Lipinski definition) is 6. The van der Waals surface area contributed by atoms with E-state index in [0.29, 0.717) is 0 Å². The molecule has 2 aromatic rings. The average Bonchev–Trinajstić information content (AvgIpc) is 2.54. The van der Waals surface area contributed by atoms with Crippen LogP contribution in [-0.2, 0) is 0 Å². The average molecular weight is 366 g/mol. The van der Waals surface area contributed by atoms with Crippen molar-refractivity contribution in [2.75, 3.05) is 6.61 Å². The number of aryl methyl sites for hydroxylation is 1. The highest BCUT2D eigenvalue weighted by atomic mass is 19.3. The van der Waals surface area contributed by atoms with Gasteiger partial charge in [-0.15, -0.1) is 0 Å². The Labute approximate surface area is 147 Å². The maximum Gasteiger partial charge on any atom is 0.387 e. The van der Waals surface area contributed by atoms with Gasteiger partial charge in [0.05, 0.1) is 6.61 Å². The molecule has 1 aromatic heterocycles. The second-order valence-electron chi connectivity index (χ2n) is 5.09. The van der Waals surface area contributed by atoms with Crippen LogP contribution in [0.2, 0.25) is 0 Å². The zero-order chi connectivity index (χ0) is 19.3. The van der Waals surface area contributed by atoms with E-state index in [0.717, 1.165) is 12.1 Å². The summed E-state index contributed by atoms with van der Waals surface area (Å²) in [5.74, 6) is -1.39. The molecule has 0 saturated heterocycles. The number of alkyl halides is 2. The molecule has 0 amide bonds. The third kappa shape index (κ3) is 4.47. The lowest BCUT2D eigenvalue weighted by molar-refractivity contribution is -0.0515. The van der Waals surface area contributed by atoms with Crippen LogP contribution < -0.4 is 15.1 Å². The third-order valence-corrected chi connectivity index (χ3v) is 3.23. The lowest BCUT2D eigenvalue weighted by Gasteiger charge is -2.13. The first kappa shape index (κ1) is 19.2. The summed E-state index contributed by atoms with van der Waals surface area (Å²) in [5, 5.41) is 9.77. The molecule has 0 fully saturated rings. The van der Waals surface area contributed by atoms with E-state index in [1.54, 1.807) is 6.92 Å². The van der Waals surface area contributed by atoms with Gasteiger partial charge >= 0.3 is 12.2 Å². The van der Waals surface area contributed by atoms with Gasteiger partial charge in [-0.05, 0) is 32.1 Å². The van der Waals surface area contributed by atoms with Gasteiger partial charge in [-0.1, -0.05) is 12.1 Å². The molecule has 2 rings (SSSR count). The van der Waals surface area contributed by atoms with Gasteiger partial charge in [-0.25, -0.2) is 4.79 Å². The number of ketones is 1. The Hall–Kier alpha value is -3.16. The number of allylic oxidation sites excluding steroid dienone is 1. The number of aromatic hydroxyl groups is 1. The normalized spacial score (nSPS) is 11.1. The van der Waals surface area contributed by atoms with Crippen molar-refractivity contribution in [1.82, 2.24) is 0 Å². The topological polar surface area (TPSA) is 86.0 Å². The predicted octanol–water partition coefficient (Wildman–Crippen LogP) is 3.55. The zero-order valence-corrected chi connectivity index (χ0v) is 14.0. The maximum atomic E-state index is 12.7. The monoisotopic (exact) mass is 366 g/mol. The van der Waals surface area contributed by atoms with Gasteiger partial charge in [0.1, 0.15) is 17.1 Å². The van der Waals surface area contributed by atoms with Crippen LogP contribution in [0.15, 0.2) is 39.6 Å². The van der Waals surface area contributed by atoms with E-state index in [-0.39, 0.29) is 29.4 Å². The van der Waals surface area contributed by atoms with Crippen molar-refractivity contribution in [2.24, 2.45) is 0 Å². The molecule has 0 radical (unpaired) electrons. The second kappa shape index (κ2) is 8.28. The zero-order valence-electron chi connectivity index (χ0n) is 14.0. The van der Waals surface area contributed by atoms with E-state index < -0.39 is 29.3 Å². The first-order valence-electron chi connectivity index (χ1n) is 7.60. The summed E-state index contributed by atoms with van der Waals surface area (Å²) in [6.45, 7) is 0.257. The minimum Gasteiger partial charge on any atom is -0.507 e. The van der Waals surface area contributed by atoms with Gasteiger partial charge in [0.2, 0.25) is 0 Å². The molecule has 6 nitrogen and oxygen atoms in total. The molecule has 0 atom stereocenters. The number of ether oxygens (including phenoxy) is 2. The van der Waals surface area contributed by atoms with E-state index in [1.165, 1.54) is 31.2 Å². The summed E-state index contributed by atoms with van der Waals surface area (Å²) >= 11 is 0. The van der Waals surface area contributed by atoms with Gasteiger partial charge in [-0.3, -0.25) is 4.79 Å². The lowest BCUT2D eigenvalue weighted by Crippen LogP contribution is -2.13. The Morgan fingerprint density at radius 2 is 2.12 bits per heavy atom. The molecule has 1 heterocycles. The van der Waals surface area contributed by atoms with Crippen LogP contribution in [0.4, 0.5) is 8.78 Å². The molecule has 0 aliphatic rings. The van der Waals surface area contributed by atoms with Crippen LogP contribution in [-0.4, -0.2) is 24.1 Å². The highest BCUT2D eigenvalue weighted by molar-refractivity contribution is 6.08. The number of carbonyl (C=O) groups excluding carboxylic acids is 1. The van der Waals surface area contributed by atoms with Gasteiger partial charge < -0.3 is 19.0 Å². The molecule has 0 spiro atoms. The second-order valence-corrected chi connectivity index (χ2v) is 5.09. The molecule has 0 aliphatic heterocycles. The van der Waals surface area contributed by atoms with Crippen molar-refractivity contribution in [1.29, 1.82) is 0 Å². The van der Waals surface area contributed by atoms with E-state index >= 15 is 0 Å². The first-order valence-corrected chi connectivity index (χ1v) is 7.60. The van der Waals surface area contributed by atoms with E-state index in [2.05, 4.69) is 4.74 Å². The predicted molar refractivity (Wildman–Crippen MR) is 89.0 cm³/mol. The number of halogens is 2. The van der Waals surface area contributed by atoms with E-state index in [4.69, 9.17) is 9.15 Å². The fourth-order valence-electron chi connectivity index (χ4n) is 2.22. The van der Waals surface area contributed by atoms with E-state index in [1.807, 2.05) is 0 Å². The summed E-state index contributed by atoms with van der Waals surface area (Å²) in [6.07, 6.45) is 2.13. The molecule has 0 saturated carbocycles. The van der Waals surface area contributed by atoms with Crippen molar-refractivity contribution in [2.45, 2.75) is 20.5 Å². The molecule has 1 aromatic carbocycles. The van der Waals surface area contributed by atoms with Gasteiger partial charge in [-0.2, -0.15) is 8.78 Å². The van der Waals surface area contributed by atoms with Crippen LogP contribution in [0.5, 0.6) is 17.2 Å². The minimum absolute atomic E-state index is 0.0834. The molecular weight excluding hydrogens is 350 g/mol. The lowest BCUT2D eigenvalue weighted by atomic mass is 10.1. The Balaban J connectivity index is 2.40. The van der Waals surface area contributed by atoms with Crippen LogP contribution in [0.3, 0.4) is 0 Å².